The van der Waals surface area contributed by atoms with E-state index in [1.54, 1.807) is 32.0 Å². The van der Waals surface area contributed by atoms with Crippen LogP contribution in [0.15, 0.2) is 24.3 Å². The highest BCUT2D eigenvalue weighted by Gasteiger charge is 2.14. The number of benzene rings is 1. The molecule has 0 radical (unpaired) electrons. The van der Waals surface area contributed by atoms with Gasteiger partial charge in [0, 0.05) is 6.54 Å². The Kier molecular flexibility index (Phi) is 6.36. The second-order valence-corrected chi connectivity index (χ2v) is 4.65. The molecule has 0 spiro atoms. The molecule has 0 saturated heterocycles. The number of aliphatic hydroxyl groups excluding tert-OH is 1. The number of aliphatic hydroxyl groups is 1. The number of hydrogen-bond donors (Lipinski definition) is 2. The molecule has 2 atom stereocenters. The lowest BCUT2D eigenvalue weighted by Gasteiger charge is -2.15. The van der Waals surface area contributed by atoms with Crippen LogP contribution in [0.3, 0.4) is 0 Å². The molecule has 0 aromatic heterocycles. The number of hydrogen-bond acceptors (Lipinski definition) is 3. The van der Waals surface area contributed by atoms with Crippen molar-refractivity contribution in [3.63, 3.8) is 0 Å². The van der Waals surface area contributed by atoms with Crippen molar-refractivity contribution >= 4 is 5.91 Å². The first-order valence-electron chi connectivity index (χ1n) is 6.77. The average molecular weight is 265 g/mol. The molecular formula is C15H23NO3. The maximum Gasteiger partial charge on any atom is 0.260 e. The monoisotopic (exact) mass is 265 g/mol. The molecule has 0 saturated carbocycles. The van der Waals surface area contributed by atoms with Gasteiger partial charge in [0.15, 0.2) is 6.10 Å². The Morgan fingerprint density at radius 3 is 2.79 bits per heavy atom. The van der Waals surface area contributed by atoms with E-state index < -0.39 is 12.2 Å². The fraction of sp³-hybridized carbons (Fsp3) is 0.533. The number of rotatable bonds is 7. The molecule has 4 heteroatoms. The summed E-state index contributed by atoms with van der Waals surface area (Å²) in [4.78, 5) is 11.8. The zero-order valence-electron chi connectivity index (χ0n) is 11.8. The molecule has 4 nitrogen and oxygen atoms in total. The number of unbranched alkanes of at least 4 members (excludes halogenated alkanes) is 1. The van der Waals surface area contributed by atoms with Gasteiger partial charge in [-0.25, -0.2) is 0 Å². The number of amides is 1. The number of carbonyl (C=O) groups is 1. The van der Waals surface area contributed by atoms with E-state index in [0.717, 1.165) is 18.4 Å². The maximum atomic E-state index is 11.8. The maximum absolute atomic E-state index is 11.8. The van der Waals surface area contributed by atoms with Crippen molar-refractivity contribution in [1.82, 2.24) is 5.32 Å². The van der Waals surface area contributed by atoms with Crippen molar-refractivity contribution in [3.05, 3.63) is 29.8 Å². The lowest BCUT2D eigenvalue weighted by molar-refractivity contribution is -0.127. The van der Waals surface area contributed by atoms with Gasteiger partial charge in [-0.2, -0.15) is 0 Å². The van der Waals surface area contributed by atoms with Gasteiger partial charge < -0.3 is 15.2 Å². The van der Waals surface area contributed by atoms with Crippen molar-refractivity contribution in [3.8, 4) is 5.75 Å². The number of carbonyl (C=O) groups excluding carboxylic acids is 1. The Bertz CT molecular complexity index is 404. The largest absolute Gasteiger partial charge is 0.481 e. The number of nitrogens with one attached hydrogen (secondary N) is 1. The van der Waals surface area contributed by atoms with Gasteiger partial charge >= 0.3 is 0 Å². The molecule has 0 aliphatic rings. The fourth-order valence-corrected chi connectivity index (χ4v) is 1.64. The highest BCUT2D eigenvalue weighted by molar-refractivity contribution is 5.80. The zero-order valence-corrected chi connectivity index (χ0v) is 11.8. The van der Waals surface area contributed by atoms with Gasteiger partial charge in [-0.05, 0) is 38.0 Å². The van der Waals surface area contributed by atoms with Crippen molar-refractivity contribution < 1.29 is 14.6 Å². The molecule has 0 heterocycles. The van der Waals surface area contributed by atoms with E-state index in [-0.39, 0.29) is 5.91 Å². The first kappa shape index (κ1) is 15.5. The van der Waals surface area contributed by atoms with E-state index in [1.165, 1.54) is 0 Å². The Balaban J connectivity index is 2.53. The van der Waals surface area contributed by atoms with Crippen LogP contribution in [0.4, 0.5) is 0 Å². The van der Waals surface area contributed by atoms with Gasteiger partial charge in [0.2, 0.25) is 0 Å². The van der Waals surface area contributed by atoms with Crippen LogP contribution in [0.2, 0.25) is 0 Å². The molecule has 1 aromatic carbocycles. The summed E-state index contributed by atoms with van der Waals surface area (Å²) >= 11 is 0. The van der Waals surface area contributed by atoms with Crippen LogP contribution in [0.5, 0.6) is 5.75 Å². The second kappa shape index (κ2) is 7.79. The van der Waals surface area contributed by atoms with Crippen molar-refractivity contribution in [2.45, 2.75) is 45.8 Å². The molecule has 19 heavy (non-hydrogen) atoms. The molecule has 0 aliphatic carbocycles. The minimum atomic E-state index is -0.544. The van der Waals surface area contributed by atoms with Gasteiger partial charge in [0.05, 0.1) is 6.10 Å². The first-order valence-corrected chi connectivity index (χ1v) is 6.77. The van der Waals surface area contributed by atoms with E-state index in [9.17, 15) is 9.90 Å². The molecule has 0 bridgehead atoms. The molecule has 1 aromatic rings. The van der Waals surface area contributed by atoms with Crippen LogP contribution in [0.25, 0.3) is 0 Å². The van der Waals surface area contributed by atoms with Crippen LogP contribution < -0.4 is 10.1 Å². The minimum absolute atomic E-state index is 0.115. The lowest BCUT2D eigenvalue weighted by atomic mass is 10.1. The van der Waals surface area contributed by atoms with Crippen LogP contribution in [0.1, 0.15) is 45.3 Å². The summed E-state index contributed by atoms with van der Waals surface area (Å²) in [5.74, 6) is 0.479. The molecule has 2 N–H and O–H groups in total. The molecular weight excluding hydrogens is 242 g/mol. The Morgan fingerprint density at radius 1 is 1.42 bits per heavy atom. The topological polar surface area (TPSA) is 58.6 Å². The van der Waals surface area contributed by atoms with Gasteiger partial charge in [-0.15, -0.1) is 0 Å². The average Bonchev–Trinajstić information content (AvgIpc) is 2.39. The van der Waals surface area contributed by atoms with Crippen LogP contribution in [-0.2, 0) is 4.79 Å². The first-order chi connectivity index (χ1) is 9.04. The standard InChI is InChI=1S/C15H23NO3/c1-4-5-9-16-15(18)12(3)19-14-8-6-7-13(10-14)11(2)17/h6-8,10-12,17H,4-5,9H2,1-3H3,(H,16,18). The van der Waals surface area contributed by atoms with E-state index in [4.69, 9.17) is 4.74 Å². The molecule has 1 amide bonds. The predicted octanol–water partition coefficient (Wildman–Crippen LogP) is 2.42. The Labute approximate surface area is 114 Å². The van der Waals surface area contributed by atoms with Crippen LogP contribution >= 0.6 is 0 Å². The quantitative estimate of drug-likeness (QED) is 0.744. The van der Waals surface area contributed by atoms with Gasteiger partial charge in [-0.3, -0.25) is 4.79 Å². The Morgan fingerprint density at radius 2 is 2.16 bits per heavy atom. The lowest BCUT2D eigenvalue weighted by Crippen LogP contribution is -2.36. The van der Waals surface area contributed by atoms with Crippen molar-refractivity contribution in [2.75, 3.05) is 6.54 Å². The summed E-state index contributed by atoms with van der Waals surface area (Å²) in [6.45, 7) is 6.17. The van der Waals surface area contributed by atoms with Crippen molar-refractivity contribution in [1.29, 1.82) is 0 Å². The number of ether oxygens (including phenoxy) is 1. The van der Waals surface area contributed by atoms with E-state index in [0.29, 0.717) is 12.3 Å². The minimum Gasteiger partial charge on any atom is -0.481 e. The normalized spacial score (nSPS) is 13.7. The molecule has 106 valence electrons. The van der Waals surface area contributed by atoms with Gasteiger partial charge in [0.1, 0.15) is 5.75 Å². The molecule has 0 aliphatic heterocycles. The smallest absolute Gasteiger partial charge is 0.260 e. The third-order valence-corrected chi connectivity index (χ3v) is 2.85. The summed E-state index contributed by atoms with van der Waals surface area (Å²) in [7, 11) is 0. The van der Waals surface area contributed by atoms with Crippen LogP contribution in [-0.4, -0.2) is 23.7 Å². The van der Waals surface area contributed by atoms with Gasteiger partial charge in [-0.1, -0.05) is 25.5 Å². The fourth-order valence-electron chi connectivity index (χ4n) is 1.64. The zero-order chi connectivity index (χ0) is 14.3. The van der Waals surface area contributed by atoms with Gasteiger partial charge in [0.25, 0.3) is 5.91 Å². The highest BCUT2D eigenvalue weighted by Crippen LogP contribution is 2.19. The second-order valence-electron chi connectivity index (χ2n) is 4.65. The van der Waals surface area contributed by atoms with Crippen molar-refractivity contribution in [2.24, 2.45) is 0 Å². The summed E-state index contributed by atoms with van der Waals surface area (Å²) in [6, 6.07) is 7.16. The summed E-state index contributed by atoms with van der Waals surface area (Å²) in [5, 5.41) is 12.3. The molecule has 0 fully saturated rings. The Hall–Kier alpha value is -1.55. The third kappa shape index (κ3) is 5.30. The molecule has 1 rings (SSSR count). The summed E-state index contributed by atoms with van der Waals surface area (Å²) < 4.78 is 5.57. The van der Waals surface area contributed by atoms with E-state index in [2.05, 4.69) is 12.2 Å². The summed E-state index contributed by atoms with van der Waals surface area (Å²) in [6.07, 6.45) is 0.931. The SMILES string of the molecule is CCCCNC(=O)C(C)Oc1cccc(C(C)O)c1. The summed E-state index contributed by atoms with van der Waals surface area (Å²) in [5.41, 5.74) is 0.774. The van der Waals surface area contributed by atoms with E-state index >= 15 is 0 Å². The third-order valence-electron chi connectivity index (χ3n) is 2.85. The highest BCUT2D eigenvalue weighted by atomic mass is 16.5. The molecule has 2 unspecified atom stereocenters. The van der Waals surface area contributed by atoms with E-state index in [1.807, 2.05) is 6.07 Å². The predicted molar refractivity (Wildman–Crippen MR) is 75.1 cm³/mol. The van der Waals surface area contributed by atoms with Crippen LogP contribution in [0, 0.1) is 0 Å².